The van der Waals surface area contributed by atoms with E-state index in [-0.39, 0.29) is 29.5 Å². The van der Waals surface area contributed by atoms with E-state index in [1.165, 1.54) is 7.11 Å². The van der Waals surface area contributed by atoms with Gasteiger partial charge in [0.2, 0.25) is 0 Å². The molecule has 0 unspecified atom stereocenters. The molecule has 1 aromatic rings. The van der Waals surface area contributed by atoms with Crippen molar-refractivity contribution in [3.63, 3.8) is 0 Å². The SMILES string of the molecule is C=C[C@H]1C[C@@H](/C=C/c2ccc(OC)cc2)[C@@H](C(=O)OC)[C@H]1C(=O)CC. The normalized spacial score (nSPS) is 25.7. The predicted molar refractivity (Wildman–Crippen MR) is 98.1 cm³/mol. The lowest BCUT2D eigenvalue weighted by atomic mass is 9.82. The monoisotopic (exact) mass is 342 g/mol. The van der Waals surface area contributed by atoms with E-state index in [0.717, 1.165) is 17.7 Å². The molecular weight excluding hydrogens is 316 g/mol. The van der Waals surface area contributed by atoms with Crippen molar-refractivity contribution < 1.29 is 19.1 Å². The number of methoxy groups -OCH3 is 2. The van der Waals surface area contributed by atoms with Crippen LogP contribution in [0.5, 0.6) is 5.75 Å². The van der Waals surface area contributed by atoms with E-state index in [1.54, 1.807) is 13.2 Å². The summed E-state index contributed by atoms with van der Waals surface area (Å²) in [6.07, 6.45) is 6.95. The molecule has 0 heterocycles. The Morgan fingerprint density at radius 1 is 1.16 bits per heavy atom. The second kappa shape index (κ2) is 8.65. The molecule has 0 aromatic heterocycles. The third-order valence-electron chi connectivity index (χ3n) is 5.00. The van der Waals surface area contributed by atoms with Crippen molar-refractivity contribution in [1.29, 1.82) is 0 Å². The topological polar surface area (TPSA) is 52.6 Å². The Balaban J connectivity index is 2.27. The van der Waals surface area contributed by atoms with Crippen molar-refractivity contribution >= 4 is 17.8 Å². The van der Waals surface area contributed by atoms with Crippen LogP contribution in [0.3, 0.4) is 0 Å². The first kappa shape index (κ1) is 19.0. The fourth-order valence-corrected chi connectivity index (χ4v) is 3.66. The van der Waals surface area contributed by atoms with E-state index in [1.807, 2.05) is 43.3 Å². The number of hydrogen-bond donors (Lipinski definition) is 0. The number of hydrogen-bond acceptors (Lipinski definition) is 4. The van der Waals surface area contributed by atoms with E-state index in [2.05, 4.69) is 6.58 Å². The molecule has 1 aromatic carbocycles. The van der Waals surface area contributed by atoms with E-state index in [4.69, 9.17) is 9.47 Å². The molecular formula is C21H26O4. The van der Waals surface area contributed by atoms with E-state index < -0.39 is 5.92 Å². The highest BCUT2D eigenvalue weighted by Crippen LogP contribution is 2.44. The third kappa shape index (κ3) is 4.19. The minimum Gasteiger partial charge on any atom is -0.497 e. The summed E-state index contributed by atoms with van der Waals surface area (Å²) in [7, 11) is 3.01. The number of benzene rings is 1. The van der Waals surface area contributed by atoms with Crippen LogP contribution in [0.25, 0.3) is 6.08 Å². The summed E-state index contributed by atoms with van der Waals surface area (Å²) >= 11 is 0. The third-order valence-corrected chi connectivity index (χ3v) is 5.00. The molecule has 0 amide bonds. The van der Waals surface area contributed by atoms with Crippen LogP contribution < -0.4 is 4.74 Å². The Morgan fingerprint density at radius 2 is 1.84 bits per heavy atom. The van der Waals surface area contributed by atoms with Crippen molar-refractivity contribution in [3.8, 4) is 5.75 Å². The van der Waals surface area contributed by atoms with Crippen LogP contribution in [-0.4, -0.2) is 26.0 Å². The molecule has 4 atom stereocenters. The van der Waals surface area contributed by atoms with Gasteiger partial charge in [-0.15, -0.1) is 6.58 Å². The highest BCUT2D eigenvalue weighted by molar-refractivity contribution is 5.88. The molecule has 0 spiro atoms. The van der Waals surface area contributed by atoms with Gasteiger partial charge in [0.05, 0.1) is 20.1 Å². The van der Waals surface area contributed by atoms with Gasteiger partial charge in [0.1, 0.15) is 11.5 Å². The second-order valence-corrected chi connectivity index (χ2v) is 6.33. The molecule has 134 valence electrons. The summed E-state index contributed by atoms with van der Waals surface area (Å²) in [5.74, 6) is -0.262. The molecule has 0 radical (unpaired) electrons. The second-order valence-electron chi connectivity index (χ2n) is 6.33. The standard InChI is InChI=1S/C21H26O4/c1-5-15-13-16(10-7-14-8-11-17(24-3)12-9-14)20(21(23)25-4)19(15)18(22)6-2/h5,7-12,15-16,19-20H,1,6,13H2,2-4H3/b10-7+/t15-,16+,19+,20+/m0/s1. The first-order valence-electron chi connectivity index (χ1n) is 8.61. The van der Waals surface area contributed by atoms with E-state index >= 15 is 0 Å². The number of ether oxygens (including phenoxy) is 2. The lowest BCUT2D eigenvalue weighted by molar-refractivity contribution is -0.150. The van der Waals surface area contributed by atoms with Crippen LogP contribution >= 0.6 is 0 Å². The number of allylic oxidation sites excluding steroid dienone is 2. The summed E-state index contributed by atoms with van der Waals surface area (Å²) in [5, 5.41) is 0. The van der Waals surface area contributed by atoms with Gasteiger partial charge in [-0.05, 0) is 36.0 Å². The Kier molecular flexibility index (Phi) is 6.57. The fraction of sp³-hybridized carbons (Fsp3) is 0.429. The number of rotatable bonds is 7. The minimum atomic E-state index is -0.449. The minimum absolute atomic E-state index is 0.00191. The molecule has 4 nitrogen and oxygen atoms in total. The largest absolute Gasteiger partial charge is 0.497 e. The Hall–Kier alpha value is -2.36. The maximum Gasteiger partial charge on any atom is 0.310 e. The van der Waals surface area contributed by atoms with Gasteiger partial charge in [-0.1, -0.05) is 37.3 Å². The lowest BCUT2D eigenvalue weighted by Crippen LogP contribution is -2.31. The van der Waals surface area contributed by atoms with Crippen LogP contribution in [0.15, 0.2) is 43.0 Å². The van der Waals surface area contributed by atoms with Gasteiger partial charge in [-0.25, -0.2) is 0 Å². The first-order valence-corrected chi connectivity index (χ1v) is 8.61. The highest BCUT2D eigenvalue weighted by atomic mass is 16.5. The zero-order valence-electron chi connectivity index (χ0n) is 15.1. The molecule has 4 heteroatoms. The van der Waals surface area contributed by atoms with Gasteiger partial charge in [-0.3, -0.25) is 9.59 Å². The molecule has 1 fully saturated rings. The average molecular weight is 342 g/mol. The van der Waals surface area contributed by atoms with Crippen molar-refractivity contribution in [3.05, 3.63) is 48.6 Å². The summed E-state index contributed by atoms with van der Waals surface area (Å²) in [5.41, 5.74) is 1.02. The molecule has 25 heavy (non-hydrogen) atoms. The van der Waals surface area contributed by atoms with Gasteiger partial charge in [0.15, 0.2) is 0 Å². The molecule has 0 saturated heterocycles. The van der Waals surface area contributed by atoms with Crippen molar-refractivity contribution in [2.45, 2.75) is 19.8 Å². The Morgan fingerprint density at radius 3 is 2.36 bits per heavy atom. The smallest absolute Gasteiger partial charge is 0.310 e. The molecule has 1 aliphatic rings. The Bertz CT molecular complexity index is 644. The van der Waals surface area contributed by atoms with Crippen molar-refractivity contribution in [2.75, 3.05) is 14.2 Å². The Labute approximate surface area is 149 Å². The van der Waals surface area contributed by atoms with Gasteiger partial charge in [-0.2, -0.15) is 0 Å². The molecule has 0 N–H and O–H groups in total. The highest BCUT2D eigenvalue weighted by Gasteiger charge is 2.48. The predicted octanol–water partition coefficient (Wildman–Crippen LogP) is 3.92. The number of carbonyl (C=O) groups is 2. The number of carbonyl (C=O) groups excluding carboxylic acids is 2. The molecule has 1 aliphatic carbocycles. The maximum absolute atomic E-state index is 12.4. The van der Waals surface area contributed by atoms with Gasteiger partial charge in [0.25, 0.3) is 0 Å². The summed E-state index contributed by atoms with van der Waals surface area (Å²) in [6, 6.07) is 7.69. The quantitative estimate of drug-likeness (QED) is 0.557. The van der Waals surface area contributed by atoms with Crippen LogP contribution in [0, 0.1) is 23.7 Å². The zero-order valence-corrected chi connectivity index (χ0v) is 15.1. The van der Waals surface area contributed by atoms with Crippen LogP contribution in [0.1, 0.15) is 25.3 Å². The maximum atomic E-state index is 12.4. The lowest BCUT2D eigenvalue weighted by Gasteiger charge is -2.21. The fourth-order valence-electron chi connectivity index (χ4n) is 3.66. The summed E-state index contributed by atoms with van der Waals surface area (Å²) in [6.45, 7) is 5.69. The molecule has 2 rings (SSSR count). The van der Waals surface area contributed by atoms with Crippen LogP contribution in [0.2, 0.25) is 0 Å². The van der Waals surface area contributed by atoms with E-state index in [0.29, 0.717) is 6.42 Å². The van der Waals surface area contributed by atoms with Crippen LogP contribution in [-0.2, 0) is 14.3 Å². The van der Waals surface area contributed by atoms with Crippen molar-refractivity contribution in [2.24, 2.45) is 23.7 Å². The number of esters is 1. The zero-order chi connectivity index (χ0) is 18.4. The first-order chi connectivity index (χ1) is 12.0. The summed E-state index contributed by atoms with van der Waals surface area (Å²) in [4.78, 5) is 24.8. The van der Waals surface area contributed by atoms with Gasteiger partial charge < -0.3 is 9.47 Å². The summed E-state index contributed by atoms with van der Waals surface area (Å²) < 4.78 is 10.1. The molecule has 0 bridgehead atoms. The number of ketones is 1. The average Bonchev–Trinajstić information content (AvgIpc) is 3.04. The van der Waals surface area contributed by atoms with Gasteiger partial charge >= 0.3 is 5.97 Å². The molecule has 1 saturated carbocycles. The number of Topliss-reactive ketones (excluding diaryl/α,β-unsaturated/α-hetero) is 1. The van der Waals surface area contributed by atoms with Crippen LogP contribution in [0.4, 0.5) is 0 Å². The van der Waals surface area contributed by atoms with Gasteiger partial charge in [0, 0.05) is 12.3 Å². The van der Waals surface area contributed by atoms with E-state index in [9.17, 15) is 9.59 Å². The van der Waals surface area contributed by atoms with Crippen molar-refractivity contribution in [1.82, 2.24) is 0 Å². The molecule has 0 aliphatic heterocycles.